The number of anilines is 2. The van der Waals surface area contributed by atoms with Gasteiger partial charge in [-0.2, -0.15) is 0 Å². The van der Waals surface area contributed by atoms with Crippen LogP contribution in [0.4, 0.5) is 10.9 Å². The summed E-state index contributed by atoms with van der Waals surface area (Å²) in [5.41, 5.74) is 1.18. The molecule has 9 heteroatoms. The molecule has 0 radical (unpaired) electrons. The number of carbonyl (C=O) groups is 1. The van der Waals surface area contributed by atoms with Gasteiger partial charge in [0.2, 0.25) is 5.91 Å². The van der Waals surface area contributed by atoms with Crippen LogP contribution in [0.1, 0.15) is 42.1 Å². The van der Waals surface area contributed by atoms with Gasteiger partial charge in [-0.1, -0.05) is 0 Å². The maximum Gasteiger partial charge on any atom is 0.229 e. The highest BCUT2D eigenvalue weighted by atomic mass is 32.1. The van der Waals surface area contributed by atoms with E-state index in [0.717, 1.165) is 61.4 Å². The standard InChI is InChI=1S/C21H25N7OS/c1-14-22-8-11-28(14)19-12-18(23-13-24-19)27-9-6-15(7-10-27)20(29)26-21-25-16-4-2-3-5-17(16)30-21/h8,11-13,15H,2-7,9-10H2,1H3,(H,25,26,29). The van der Waals surface area contributed by atoms with E-state index in [1.807, 2.05) is 23.8 Å². The Hall–Kier alpha value is -2.81. The van der Waals surface area contributed by atoms with Gasteiger partial charge in [0.25, 0.3) is 0 Å². The lowest BCUT2D eigenvalue weighted by Gasteiger charge is -2.32. The third-order valence-electron chi connectivity index (χ3n) is 5.98. The number of hydrogen-bond acceptors (Lipinski definition) is 7. The summed E-state index contributed by atoms with van der Waals surface area (Å²) in [6, 6.07) is 1.98. The first-order chi connectivity index (χ1) is 14.7. The van der Waals surface area contributed by atoms with Crippen molar-refractivity contribution < 1.29 is 4.79 Å². The average molecular weight is 424 g/mol. The van der Waals surface area contributed by atoms with E-state index in [1.165, 1.54) is 23.4 Å². The smallest absolute Gasteiger partial charge is 0.229 e. The molecule has 0 atom stereocenters. The summed E-state index contributed by atoms with van der Waals surface area (Å²) in [5.74, 6) is 2.69. The van der Waals surface area contributed by atoms with Crippen molar-refractivity contribution >= 4 is 28.2 Å². The molecule has 156 valence electrons. The van der Waals surface area contributed by atoms with Crippen LogP contribution >= 0.6 is 11.3 Å². The summed E-state index contributed by atoms with van der Waals surface area (Å²) in [6.45, 7) is 3.54. The van der Waals surface area contributed by atoms with E-state index in [4.69, 9.17) is 0 Å². The van der Waals surface area contributed by atoms with E-state index in [1.54, 1.807) is 23.9 Å². The zero-order valence-electron chi connectivity index (χ0n) is 17.0. The van der Waals surface area contributed by atoms with E-state index < -0.39 is 0 Å². The number of piperidine rings is 1. The highest BCUT2D eigenvalue weighted by Crippen LogP contribution is 2.30. The van der Waals surface area contributed by atoms with E-state index in [-0.39, 0.29) is 11.8 Å². The van der Waals surface area contributed by atoms with Crippen molar-refractivity contribution in [2.24, 2.45) is 5.92 Å². The largest absolute Gasteiger partial charge is 0.356 e. The molecule has 0 aromatic carbocycles. The number of rotatable bonds is 4. The molecule has 3 aromatic rings. The van der Waals surface area contributed by atoms with Gasteiger partial charge in [0.15, 0.2) is 5.13 Å². The maximum atomic E-state index is 12.8. The normalized spacial score (nSPS) is 17.0. The first kappa shape index (κ1) is 19.2. The first-order valence-corrected chi connectivity index (χ1v) is 11.4. The number of nitrogens with one attached hydrogen (secondary N) is 1. The molecule has 5 rings (SSSR count). The lowest BCUT2D eigenvalue weighted by atomic mass is 9.96. The molecule has 3 aromatic heterocycles. The van der Waals surface area contributed by atoms with Crippen LogP contribution in [0.2, 0.25) is 0 Å². The predicted octanol–water partition coefficient (Wildman–Crippen LogP) is 3.16. The van der Waals surface area contributed by atoms with Gasteiger partial charge >= 0.3 is 0 Å². The number of carbonyl (C=O) groups excluding carboxylic acids is 1. The minimum Gasteiger partial charge on any atom is -0.356 e. The number of aromatic nitrogens is 5. The Morgan fingerprint density at radius 3 is 2.70 bits per heavy atom. The van der Waals surface area contributed by atoms with Crippen molar-refractivity contribution in [2.75, 3.05) is 23.3 Å². The van der Waals surface area contributed by atoms with Crippen molar-refractivity contribution in [2.45, 2.75) is 45.4 Å². The molecule has 1 saturated heterocycles. The molecule has 0 unspecified atom stereocenters. The summed E-state index contributed by atoms with van der Waals surface area (Å²) in [6.07, 6.45) is 11.4. The molecule has 4 heterocycles. The Morgan fingerprint density at radius 2 is 1.93 bits per heavy atom. The second kappa shape index (κ2) is 8.14. The molecule has 1 aliphatic heterocycles. The van der Waals surface area contributed by atoms with E-state index in [0.29, 0.717) is 0 Å². The van der Waals surface area contributed by atoms with E-state index in [9.17, 15) is 4.79 Å². The fraction of sp³-hybridized carbons (Fsp3) is 0.476. The summed E-state index contributed by atoms with van der Waals surface area (Å²) in [7, 11) is 0. The van der Waals surface area contributed by atoms with Gasteiger partial charge in [-0.3, -0.25) is 9.36 Å². The molecule has 1 aliphatic carbocycles. The van der Waals surface area contributed by atoms with Gasteiger partial charge in [-0.05, 0) is 45.4 Å². The molecule has 1 amide bonds. The van der Waals surface area contributed by atoms with Crippen LogP contribution in [0.5, 0.6) is 0 Å². The number of hydrogen-bond donors (Lipinski definition) is 1. The molecule has 2 aliphatic rings. The van der Waals surface area contributed by atoms with E-state index in [2.05, 4.69) is 30.2 Å². The van der Waals surface area contributed by atoms with Gasteiger partial charge < -0.3 is 10.2 Å². The summed E-state index contributed by atoms with van der Waals surface area (Å²) < 4.78 is 1.94. The molecule has 8 nitrogen and oxygen atoms in total. The number of nitrogens with zero attached hydrogens (tertiary/aromatic N) is 6. The van der Waals surface area contributed by atoms with Crippen LogP contribution in [0.3, 0.4) is 0 Å². The number of thiazole rings is 1. The average Bonchev–Trinajstić information content (AvgIpc) is 3.39. The van der Waals surface area contributed by atoms with Crippen LogP contribution < -0.4 is 10.2 Å². The third kappa shape index (κ3) is 3.81. The van der Waals surface area contributed by atoms with Gasteiger partial charge in [-0.25, -0.2) is 19.9 Å². The van der Waals surface area contributed by atoms with E-state index >= 15 is 0 Å². The summed E-state index contributed by atoms with van der Waals surface area (Å²) in [4.78, 5) is 34.1. The van der Waals surface area contributed by atoms with Gasteiger partial charge in [0, 0.05) is 42.3 Å². The first-order valence-electron chi connectivity index (χ1n) is 10.5. The van der Waals surface area contributed by atoms with Crippen molar-refractivity contribution in [3.05, 3.63) is 41.2 Å². The molecule has 1 fully saturated rings. The highest BCUT2D eigenvalue weighted by Gasteiger charge is 2.27. The Morgan fingerprint density at radius 1 is 1.13 bits per heavy atom. The van der Waals surface area contributed by atoms with Crippen LogP contribution in [-0.2, 0) is 17.6 Å². The number of fused-ring (bicyclic) bond motifs is 1. The number of imidazole rings is 1. The summed E-state index contributed by atoms with van der Waals surface area (Å²) in [5, 5.41) is 3.84. The zero-order valence-corrected chi connectivity index (χ0v) is 17.9. The second-order valence-electron chi connectivity index (χ2n) is 7.93. The summed E-state index contributed by atoms with van der Waals surface area (Å²) >= 11 is 1.65. The fourth-order valence-electron chi connectivity index (χ4n) is 4.25. The van der Waals surface area contributed by atoms with Gasteiger partial charge in [0.1, 0.15) is 23.8 Å². The van der Waals surface area contributed by atoms with Crippen molar-refractivity contribution in [3.63, 3.8) is 0 Å². The quantitative estimate of drug-likeness (QED) is 0.693. The number of amides is 1. The zero-order chi connectivity index (χ0) is 20.5. The maximum absolute atomic E-state index is 12.8. The lowest BCUT2D eigenvalue weighted by Crippen LogP contribution is -2.38. The molecule has 0 saturated carbocycles. The fourth-order valence-corrected chi connectivity index (χ4v) is 5.30. The molecule has 0 bridgehead atoms. The molecular weight excluding hydrogens is 398 g/mol. The Kier molecular flexibility index (Phi) is 5.20. The van der Waals surface area contributed by atoms with Crippen LogP contribution in [0.25, 0.3) is 5.82 Å². The minimum absolute atomic E-state index is 0.0133. The minimum atomic E-state index is 0.0133. The second-order valence-corrected chi connectivity index (χ2v) is 9.01. The monoisotopic (exact) mass is 423 g/mol. The Labute approximate surface area is 179 Å². The van der Waals surface area contributed by atoms with Crippen molar-refractivity contribution in [1.29, 1.82) is 0 Å². The van der Waals surface area contributed by atoms with Crippen LogP contribution in [0.15, 0.2) is 24.8 Å². The Bertz CT molecular complexity index is 1030. The molecule has 0 spiro atoms. The Balaban J connectivity index is 1.21. The number of aryl methyl sites for hydroxylation is 3. The predicted molar refractivity (Wildman–Crippen MR) is 116 cm³/mol. The van der Waals surface area contributed by atoms with Crippen molar-refractivity contribution in [3.8, 4) is 5.82 Å². The topological polar surface area (TPSA) is 88.8 Å². The molecule has 1 N–H and O–H groups in total. The van der Waals surface area contributed by atoms with Crippen LogP contribution in [0, 0.1) is 12.8 Å². The van der Waals surface area contributed by atoms with Crippen molar-refractivity contribution in [1.82, 2.24) is 24.5 Å². The van der Waals surface area contributed by atoms with Gasteiger partial charge in [-0.15, -0.1) is 11.3 Å². The lowest BCUT2D eigenvalue weighted by molar-refractivity contribution is -0.120. The molecular formula is C21H25N7OS. The van der Waals surface area contributed by atoms with Crippen LogP contribution in [-0.4, -0.2) is 43.5 Å². The molecule has 30 heavy (non-hydrogen) atoms. The highest BCUT2D eigenvalue weighted by molar-refractivity contribution is 7.15. The third-order valence-corrected chi connectivity index (χ3v) is 7.05. The SMILES string of the molecule is Cc1nccn1-c1cc(N2CCC(C(=O)Nc3nc4c(s3)CCCC4)CC2)ncn1. The van der Waals surface area contributed by atoms with Gasteiger partial charge in [0.05, 0.1) is 5.69 Å².